The van der Waals surface area contributed by atoms with Gasteiger partial charge >= 0.3 is 6.18 Å². The number of halogens is 3. The lowest BCUT2D eigenvalue weighted by Crippen LogP contribution is -2.42. The molecule has 5 rings (SSSR count). The van der Waals surface area contributed by atoms with Gasteiger partial charge in [0, 0.05) is 37.0 Å². The van der Waals surface area contributed by atoms with Crippen molar-refractivity contribution in [2.45, 2.75) is 57.8 Å². The normalized spacial score (nSPS) is 16.7. The van der Waals surface area contributed by atoms with Gasteiger partial charge in [0.25, 0.3) is 0 Å². The van der Waals surface area contributed by atoms with Crippen LogP contribution in [0.5, 0.6) is 0 Å². The predicted octanol–water partition coefficient (Wildman–Crippen LogP) is 5.32. The highest BCUT2D eigenvalue weighted by Gasteiger charge is 2.30. The minimum absolute atomic E-state index is 0.200. The number of benzene rings is 1. The molecule has 4 heterocycles. The van der Waals surface area contributed by atoms with Crippen molar-refractivity contribution < 1.29 is 22.7 Å². The molecule has 3 aromatic rings. The number of rotatable bonds is 8. The number of alkyl halides is 3. The Morgan fingerprint density at radius 2 is 1.87 bits per heavy atom. The third kappa shape index (κ3) is 8.36. The number of ether oxygens (including phenoxy) is 1. The van der Waals surface area contributed by atoms with E-state index in [1.54, 1.807) is 50.4 Å². The van der Waals surface area contributed by atoms with Crippen LogP contribution in [-0.4, -0.2) is 77.4 Å². The van der Waals surface area contributed by atoms with Crippen LogP contribution in [0.4, 0.5) is 18.9 Å². The zero-order valence-corrected chi connectivity index (χ0v) is 25.8. The highest BCUT2D eigenvalue weighted by molar-refractivity contribution is 5.86. The number of likely N-dealkylation sites (tertiary alicyclic amines) is 1. The van der Waals surface area contributed by atoms with Gasteiger partial charge in [-0.15, -0.1) is 0 Å². The van der Waals surface area contributed by atoms with Crippen molar-refractivity contribution in [2.24, 2.45) is 5.92 Å². The van der Waals surface area contributed by atoms with Gasteiger partial charge in [-0.2, -0.15) is 18.4 Å². The number of aromatic nitrogens is 2. The van der Waals surface area contributed by atoms with Crippen LogP contribution in [0.1, 0.15) is 50.1 Å². The molecule has 0 saturated carbocycles. The van der Waals surface area contributed by atoms with E-state index in [1.807, 2.05) is 11.0 Å². The SMILES string of the molecule is CC(C)(C#N)c1ccc(NCC#Cc2cc3c(CN4CCC(CC(=O)N5CCOCC5)CC4)cccc3n2CC(F)(F)F)cn1. The molecule has 2 saturated heterocycles. The quantitative estimate of drug-likeness (QED) is 0.343. The van der Waals surface area contributed by atoms with Crippen LogP contribution < -0.4 is 5.32 Å². The highest BCUT2D eigenvalue weighted by atomic mass is 19.4. The number of morpholine rings is 1. The van der Waals surface area contributed by atoms with Crippen LogP contribution in [0.15, 0.2) is 42.6 Å². The number of amides is 1. The fourth-order valence-electron chi connectivity index (χ4n) is 5.92. The molecule has 2 aliphatic heterocycles. The summed E-state index contributed by atoms with van der Waals surface area (Å²) >= 11 is 0. The van der Waals surface area contributed by atoms with Crippen LogP contribution in [-0.2, 0) is 28.0 Å². The maximum absolute atomic E-state index is 13.6. The molecule has 1 N–H and O–H groups in total. The van der Waals surface area contributed by atoms with E-state index in [9.17, 15) is 23.2 Å². The molecule has 8 nitrogen and oxygen atoms in total. The molecule has 1 aromatic carbocycles. The van der Waals surface area contributed by atoms with Crippen molar-refractivity contribution in [3.05, 3.63) is 59.5 Å². The number of nitrogens with one attached hydrogen (secondary N) is 1. The fourth-order valence-corrected chi connectivity index (χ4v) is 5.92. The van der Waals surface area contributed by atoms with E-state index in [0.717, 1.165) is 36.9 Å². The molecule has 0 spiro atoms. The number of hydrogen-bond acceptors (Lipinski definition) is 6. The van der Waals surface area contributed by atoms with E-state index in [4.69, 9.17) is 4.74 Å². The third-order valence-corrected chi connectivity index (χ3v) is 8.58. The Labute approximate surface area is 262 Å². The Balaban J connectivity index is 1.25. The van der Waals surface area contributed by atoms with E-state index in [2.05, 4.69) is 33.1 Å². The van der Waals surface area contributed by atoms with Gasteiger partial charge in [-0.25, -0.2) is 0 Å². The summed E-state index contributed by atoms with van der Waals surface area (Å²) in [4.78, 5) is 21.2. The second-order valence-electron chi connectivity index (χ2n) is 12.3. The van der Waals surface area contributed by atoms with E-state index < -0.39 is 18.1 Å². The first kappa shape index (κ1) is 32.3. The maximum Gasteiger partial charge on any atom is 0.406 e. The average molecular weight is 621 g/mol. The number of nitriles is 1. The number of carbonyl (C=O) groups excluding carboxylic acids is 1. The summed E-state index contributed by atoms with van der Waals surface area (Å²) in [5.41, 5.74) is 2.42. The molecule has 238 valence electrons. The fraction of sp³-hybridized carbons (Fsp3) is 0.500. The van der Waals surface area contributed by atoms with Crippen LogP contribution in [0.3, 0.4) is 0 Å². The molecule has 11 heteroatoms. The van der Waals surface area contributed by atoms with Crippen LogP contribution in [0.2, 0.25) is 0 Å². The maximum atomic E-state index is 13.6. The minimum atomic E-state index is -4.40. The number of pyridine rings is 1. The number of carbonyl (C=O) groups is 1. The number of nitrogens with zero attached hydrogens (tertiary/aromatic N) is 5. The third-order valence-electron chi connectivity index (χ3n) is 8.58. The summed E-state index contributed by atoms with van der Waals surface area (Å²) in [6, 6.07) is 13.1. The molecule has 0 atom stereocenters. The van der Waals surface area contributed by atoms with E-state index in [0.29, 0.717) is 67.8 Å². The molecule has 2 aromatic heterocycles. The summed E-state index contributed by atoms with van der Waals surface area (Å²) in [5, 5.41) is 13.2. The van der Waals surface area contributed by atoms with Gasteiger partial charge in [-0.3, -0.25) is 14.7 Å². The van der Waals surface area contributed by atoms with Crippen molar-refractivity contribution in [3.63, 3.8) is 0 Å². The van der Waals surface area contributed by atoms with Gasteiger partial charge in [0.2, 0.25) is 5.91 Å². The second kappa shape index (κ2) is 13.9. The summed E-state index contributed by atoms with van der Waals surface area (Å²) in [6.07, 6.45) is -0.393. The molecule has 0 aliphatic carbocycles. The summed E-state index contributed by atoms with van der Waals surface area (Å²) in [6.45, 7) is 7.48. The van der Waals surface area contributed by atoms with Crippen LogP contribution in [0, 0.1) is 29.1 Å². The first-order chi connectivity index (χ1) is 21.5. The van der Waals surface area contributed by atoms with Gasteiger partial charge in [-0.1, -0.05) is 18.1 Å². The average Bonchev–Trinajstić information content (AvgIpc) is 3.37. The van der Waals surface area contributed by atoms with Crippen LogP contribution in [0.25, 0.3) is 10.9 Å². The van der Waals surface area contributed by atoms with Gasteiger partial charge in [0.15, 0.2) is 0 Å². The van der Waals surface area contributed by atoms with Crippen LogP contribution >= 0.6 is 0 Å². The van der Waals surface area contributed by atoms with Crippen molar-refractivity contribution >= 4 is 22.5 Å². The molecular weight excluding hydrogens is 581 g/mol. The summed E-state index contributed by atoms with van der Waals surface area (Å²) in [5.74, 6) is 6.45. The number of fused-ring (bicyclic) bond motifs is 1. The van der Waals surface area contributed by atoms with E-state index >= 15 is 0 Å². The number of anilines is 1. The van der Waals surface area contributed by atoms with Gasteiger partial charge in [0.1, 0.15) is 6.54 Å². The topological polar surface area (TPSA) is 86.4 Å². The van der Waals surface area contributed by atoms with Crippen molar-refractivity contribution in [3.8, 4) is 17.9 Å². The Morgan fingerprint density at radius 3 is 2.53 bits per heavy atom. The molecule has 1 amide bonds. The standard InChI is InChI=1S/C34H39F3N6O2/c1-33(2,23-38)31-9-8-27(21-40-31)39-12-4-6-28-20-29-26(5-3-7-30(29)43(28)24-34(35,36)37)22-41-13-10-25(11-14-41)19-32(44)42-15-17-45-18-16-42/h3,5,7-9,20-21,25,39H,10-19,22,24H2,1-2H3. The molecular formula is C34H39F3N6O2. The lowest BCUT2D eigenvalue weighted by molar-refractivity contribution is -0.140. The Morgan fingerprint density at radius 1 is 1.11 bits per heavy atom. The van der Waals surface area contributed by atoms with E-state index in [-0.39, 0.29) is 12.5 Å². The smallest absolute Gasteiger partial charge is 0.378 e. The van der Waals surface area contributed by atoms with Crippen molar-refractivity contribution in [1.29, 1.82) is 5.26 Å². The zero-order valence-electron chi connectivity index (χ0n) is 25.8. The minimum Gasteiger partial charge on any atom is -0.378 e. The van der Waals surface area contributed by atoms with Gasteiger partial charge in [-0.05, 0) is 81.4 Å². The number of piperidine rings is 1. The first-order valence-corrected chi connectivity index (χ1v) is 15.4. The lowest BCUT2D eigenvalue weighted by atomic mass is 9.91. The Bertz CT molecular complexity index is 1580. The second-order valence-corrected chi connectivity index (χ2v) is 12.3. The first-order valence-electron chi connectivity index (χ1n) is 15.4. The Hall–Kier alpha value is -4.06. The van der Waals surface area contributed by atoms with Crippen molar-refractivity contribution in [1.82, 2.24) is 19.4 Å². The monoisotopic (exact) mass is 620 g/mol. The van der Waals surface area contributed by atoms with Gasteiger partial charge in [0.05, 0.1) is 54.5 Å². The zero-order chi connectivity index (χ0) is 32.0. The van der Waals surface area contributed by atoms with Crippen molar-refractivity contribution in [2.75, 3.05) is 51.3 Å². The molecule has 0 unspecified atom stereocenters. The summed E-state index contributed by atoms with van der Waals surface area (Å²) in [7, 11) is 0. The predicted molar refractivity (Wildman–Crippen MR) is 166 cm³/mol. The molecule has 0 radical (unpaired) electrons. The molecule has 2 aliphatic rings. The molecule has 0 bridgehead atoms. The molecule has 2 fully saturated rings. The number of hydrogen-bond donors (Lipinski definition) is 1. The lowest BCUT2D eigenvalue weighted by Gasteiger charge is -2.33. The Kier molecular flexibility index (Phi) is 10.0. The molecule has 45 heavy (non-hydrogen) atoms. The van der Waals surface area contributed by atoms with E-state index in [1.165, 1.54) is 4.57 Å². The largest absolute Gasteiger partial charge is 0.406 e. The van der Waals surface area contributed by atoms with Gasteiger partial charge < -0.3 is 19.5 Å². The highest BCUT2D eigenvalue weighted by Crippen LogP contribution is 2.30. The summed E-state index contributed by atoms with van der Waals surface area (Å²) < 4.78 is 47.5.